The van der Waals surface area contributed by atoms with Crippen molar-refractivity contribution >= 4 is 0 Å². The van der Waals surface area contributed by atoms with E-state index in [1.54, 1.807) is 80.6 Å². The van der Waals surface area contributed by atoms with Gasteiger partial charge in [-0.3, -0.25) is 49.8 Å². The van der Waals surface area contributed by atoms with Gasteiger partial charge < -0.3 is 0 Å². The molecule has 13 heterocycles. The molecule has 18 rings (SSSR count). The van der Waals surface area contributed by atoms with Crippen LogP contribution in [0.5, 0.6) is 0 Å². The summed E-state index contributed by atoms with van der Waals surface area (Å²) >= 11 is 0. The summed E-state index contributed by atoms with van der Waals surface area (Å²) < 4.78 is 0. The molecule has 0 unspecified atom stereocenters. The smallest absolute Gasteiger partial charge is 0.178 e. The van der Waals surface area contributed by atoms with Gasteiger partial charge in [0.2, 0.25) is 0 Å². The molecule has 0 bridgehead atoms. The number of pyridine rings is 10. The zero-order valence-corrected chi connectivity index (χ0v) is 65.0. The molecule has 0 amide bonds. The summed E-state index contributed by atoms with van der Waals surface area (Å²) in [5, 5.41) is 0. The minimum Gasteiger partial charge on any atom is -0.265 e. The number of rotatable bonds is 11. The highest BCUT2D eigenvalue weighted by Crippen LogP contribution is 2.30. The Morgan fingerprint density at radius 3 is 0.800 bits per heavy atom. The van der Waals surface area contributed by atoms with Crippen LogP contribution in [0, 0.1) is 48.5 Å². The van der Waals surface area contributed by atoms with Gasteiger partial charge in [-0.15, -0.1) is 0 Å². The maximum atomic E-state index is 4.63. The molecule has 560 valence electrons. The van der Waals surface area contributed by atoms with Gasteiger partial charge in [0.05, 0.1) is 28.5 Å². The third kappa shape index (κ3) is 24.4. The van der Waals surface area contributed by atoms with Crippen LogP contribution in [0.15, 0.2) is 384 Å². The summed E-state index contributed by atoms with van der Waals surface area (Å²) in [5.41, 5.74) is 27.7. The van der Waals surface area contributed by atoms with Crippen LogP contribution >= 0.6 is 0 Å². The van der Waals surface area contributed by atoms with E-state index < -0.39 is 0 Å². The molecule has 0 aliphatic rings. The van der Waals surface area contributed by atoms with E-state index in [1.165, 1.54) is 44.5 Å². The summed E-state index contributed by atoms with van der Waals surface area (Å²) in [4.78, 5) is 68.2. The zero-order chi connectivity index (χ0) is 79.6. The Balaban J connectivity index is 0.000000125. The minimum atomic E-state index is 0.672. The molecule has 16 heteroatoms. The Morgan fingerprint density at radius 1 is 0.157 bits per heavy atom. The van der Waals surface area contributed by atoms with E-state index in [0.29, 0.717) is 5.82 Å². The molecule has 0 saturated carbocycles. The maximum absolute atomic E-state index is 4.63. The summed E-state index contributed by atoms with van der Waals surface area (Å²) in [6.45, 7) is 14.0. The van der Waals surface area contributed by atoms with Crippen LogP contribution in [0.4, 0.5) is 0 Å². The Bertz CT molecular complexity index is 4980. The highest BCUT2D eigenvalue weighted by Gasteiger charge is 2.11. The average Bonchev–Trinajstić information content (AvgIpc) is 0.691. The van der Waals surface area contributed by atoms with Gasteiger partial charge in [-0.1, -0.05) is 164 Å². The van der Waals surface area contributed by atoms with Gasteiger partial charge in [0, 0.05) is 150 Å². The fourth-order valence-electron chi connectivity index (χ4n) is 11.7. The van der Waals surface area contributed by atoms with Crippen LogP contribution in [0.25, 0.3) is 124 Å². The molecule has 18 aromatic rings. The van der Waals surface area contributed by atoms with Crippen LogP contribution in [0.2, 0.25) is 0 Å². The first kappa shape index (κ1) is 79.4. The van der Waals surface area contributed by atoms with Gasteiger partial charge in [-0.05, 0) is 231 Å². The Labute approximate surface area is 672 Å². The minimum absolute atomic E-state index is 0.672. The molecule has 0 fully saturated rings. The second-order valence-corrected chi connectivity index (χ2v) is 26.5. The van der Waals surface area contributed by atoms with Crippen molar-refractivity contribution in [2.75, 3.05) is 0 Å². The Hall–Kier alpha value is -15.2. The number of aromatic nitrogens is 16. The standard InChI is InChI=1S/C18H15N.3C17H14N2.3C10H9N3/c1-14-12-17(15-8-4-2-5-9-15)13-18(19-14)16-10-6-3-7-11-16;1-13-11-15(14-7-3-2-4-8-14)12-17(19-13)16-9-5-6-10-18-16;1-13-10-16(14-6-3-2-4-7-14)11-17(19-13)15-8-5-9-18-12-15;1-13-11-16(14-5-3-2-4-6-14)12-17(19-13)15-7-9-18-10-8-15;1-8-6-12-10(13-7-8)9-2-4-11-5-3-9;1-8-5-12-10(13-6-8)9-3-2-4-11-7-9;1-8-6-12-10(13-7-8)9-4-2-3-5-11-9/h2-13H,1H3;3*2-12H,1H3;3*2-7H,1H3. The molecule has 0 spiro atoms. The Morgan fingerprint density at radius 2 is 0.443 bits per heavy atom. The molecule has 0 saturated heterocycles. The molecule has 0 N–H and O–H groups in total. The van der Waals surface area contributed by atoms with Gasteiger partial charge in [-0.25, -0.2) is 29.9 Å². The van der Waals surface area contributed by atoms with E-state index in [2.05, 4.69) is 225 Å². The molecule has 0 aliphatic heterocycles. The topological polar surface area (TPSA) is 206 Å². The predicted octanol–water partition coefficient (Wildman–Crippen LogP) is 22.6. The molecule has 0 atom stereocenters. The van der Waals surface area contributed by atoms with Crippen molar-refractivity contribution in [1.82, 2.24) is 79.7 Å². The van der Waals surface area contributed by atoms with Gasteiger partial charge in [0.15, 0.2) is 17.5 Å². The fraction of sp³-hybridized carbons (Fsp3) is 0.0707. The number of hydrogen-bond donors (Lipinski definition) is 0. The number of nitrogens with zero attached hydrogens (tertiary/aromatic N) is 16. The molecule has 0 aliphatic carbocycles. The molecule has 13 aromatic heterocycles. The first-order valence-corrected chi connectivity index (χ1v) is 37.4. The van der Waals surface area contributed by atoms with Crippen molar-refractivity contribution in [3.63, 3.8) is 0 Å². The average molecular weight is 1500 g/mol. The van der Waals surface area contributed by atoms with Crippen molar-refractivity contribution in [3.05, 3.63) is 424 Å². The number of aryl methyl sites for hydroxylation is 7. The fourth-order valence-corrected chi connectivity index (χ4v) is 11.7. The zero-order valence-electron chi connectivity index (χ0n) is 65.0. The first-order chi connectivity index (χ1) is 56.4. The second kappa shape index (κ2) is 41.6. The van der Waals surface area contributed by atoms with Crippen LogP contribution in [0.1, 0.15) is 39.5 Å². The summed E-state index contributed by atoms with van der Waals surface area (Å²) in [6, 6.07) is 95.8. The quantitative estimate of drug-likeness (QED) is 0.118. The monoisotopic (exact) mass is 1500 g/mol. The summed E-state index contributed by atoms with van der Waals surface area (Å²) in [7, 11) is 0. The van der Waals surface area contributed by atoms with Gasteiger partial charge >= 0.3 is 0 Å². The van der Waals surface area contributed by atoms with E-state index in [-0.39, 0.29) is 0 Å². The number of hydrogen-bond acceptors (Lipinski definition) is 16. The largest absolute Gasteiger partial charge is 0.265 e. The first-order valence-electron chi connectivity index (χ1n) is 37.4. The third-order valence-electron chi connectivity index (χ3n) is 17.3. The highest BCUT2D eigenvalue weighted by atomic mass is 14.9. The van der Waals surface area contributed by atoms with E-state index in [9.17, 15) is 0 Å². The van der Waals surface area contributed by atoms with Gasteiger partial charge in [-0.2, -0.15) is 0 Å². The van der Waals surface area contributed by atoms with Crippen molar-refractivity contribution in [1.29, 1.82) is 0 Å². The highest BCUT2D eigenvalue weighted by molar-refractivity contribution is 5.74. The lowest BCUT2D eigenvalue weighted by Crippen LogP contribution is -1.91. The lowest BCUT2D eigenvalue weighted by molar-refractivity contribution is 1.11. The van der Waals surface area contributed by atoms with E-state index >= 15 is 0 Å². The van der Waals surface area contributed by atoms with Crippen molar-refractivity contribution in [2.24, 2.45) is 0 Å². The van der Waals surface area contributed by atoms with Gasteiger partial charge in [0.25, 0.3) is 0 Å². The molecule has 5 aromatic carbocycles. The van der Waals surface area contributed by atoms with E-state index in [4.69, 9.17) is 0 Å². The van der Waals surface area contributed by atoms with Gasteiger partial charge in [0.1, 0.15) is 5.69 Å². The van der Waals surface area contributed by atoms with Crippen LogP contribution in [0.3, 0.4) is 0 Å². The molecule has 16 nitrogen and oxygen atoms in total. The molecule has 0 radical (unpaired) electrons. The van der Waals surface area contributed by atoms with Crippen LogP contribution < -0.4 is 0 Å². The van der Waals surface area contributed by atoms with Crippen molar-refractivity contribution < 1.29 is 0 Å². The van der Waals surface area contributed by atoms with Crippen molar-refractivity contribution in [3.8, 4) is 124 Å². The Kier molecular flexibility index (Phi) is 28.7. The maximum Gasteiger partial charge on any atom is 0.178 e. The lowest BCUT2D eigenvalue weighted by atomic mass is 10.0. The summed E-state index contributed by atoms with van der Waals surface area (Å²) in [5.74, 6) is 2.14. The third-order valence-corrected chi connectivity index (χ3v) is 17.3. The van der Waals surface area contributed by atoms with Crippen LogP contribution in [-0.4, -0.2) is 79.7 Å². The lowest BCUT2D eigenvalue weighted by Gasteiger charge is -2.07. The number of benzene rings is 5. The normalized spacial score (nSPS) is 10.2. The summed E-state index contributed by atoms with van der Waals surface area (Å²) in [6.07, 6.45) is 28.5. The SMILES string of the molecule is Cc1cc(-c2ccccc2)cc(-c2ccccc2)n1.Cc1cc(-c2ccccc2)cc(-c2ccccn2)n1.Cc1cc(-c2ccccc2)cc(-c2cccnc2)n1.Cc1cc(-c2ccccc2)cc(-c2ccncc2)n1.Cc1cnc(-c2ccccn2)nc1.Cc1cnc(-c2cccnc2)nc1.Cc1cnc(-c2ccncc2)nc1. The molecular weight excluding hydrogens is 1410 g/mol. The van der Waals surface area contributed by atoms with Crippen LogP contribution in [-0.2, 0) is 0 Å². The molecular formula is C99H84N16. The second-order valence-electron chi connectivity index (χ2n) is 26.5. The van der Waals surface area contributed by atoms with E-state index in [0.717, 1.165) is 113 Å². The van der Waals surface area contributed by atoms with Crippen molar-refractivity contribution in [2.45, 2.75) is 48.5 Å². The van der Waals surface area contributed by atoms with E-state index in [1.807, 2.05) is 207 Å². The molecule has 115 heavy (non-hydrogen) atoms. The predicted molar refractivity (Wildman–Crippen MR) is 463 cm³/mol.